The molecule has 0 saturated heterocycles. The molecular weight excluding hydrogens is 324 g/mol. The highest BCUT2D eigenvalue weighted by atomic mass is 14.6. The van der Waals surface area contributed by atoms with Gasteiger partial charge in [-0.3, -0.25) is 0 Å². The highest BCUT2D eigenvalue weighted by Gasteiger charge is 2.53. The smallest absolute Gasteiger partial charge is 0.0324 e. The molecule has 9 atom stereocenters. The maximum atomic E-state index is 2.44. The van der Waals surface area contributed by atoms with Crippen molar-refractivity contribution in [1.82, 2.24) is 0 Å². The van der Waals surface area contributed by atoms with Gasteiger partial charge in [0.1, 0.15) is 0 Å². The summed E-state index contributed by atoms with van der Waals surface area (Å²) in [7, 11) is 0. The molecule has 0 aromatic rings. The second-order valence-electron chi connectivity index (χ2n) is 10.7. The molecular formula is C27H50. The first-order valence-electron chi connectivity index (χ1n) is 13.2. The van der Waals surface area contributed by atoms with E-state index in [4.69, 9.17) is 0 Å². The van der Waals surface area contributed by atoms with Gasteiger partial charge in [0.2, 0.25) is 0 Å². The summed E-state index contributed by atoms with van der Waals surface area (Å²) < 4.78 is 0. The summed E-state index contributed by atoms with van der Waals surface area (Å²) in [6.45, 7) is 12.9. The van der Waals surface area contributed by atoms with Crippen LogP contribution in [0.2, 0.25) is 0 Å². The molecule has 6 fully saturated rings. The molecule has 6 aliphatic rings. The molecule has 9 unspecified atom stereocenters. The Morgan fingerprint density at radius 1 is 0.519 bits per heavy atom. The molecule has 0 heterocycles. The van der Waals surface area contributed by atoms with Crippen molar-refractivity contribution in [2.75, 3.05) is 0 Å². The number of fused-ring (bicyclic) bond motifs is 10. The van der Waals surface area contributed by atoms with Crippen molar-refractivity contribution >= 4 is 0 Å². The average molecular weight is 375 g/mol. The SMILES string of the molecule is C1CC2C3CCC(C3)C2C1.CC.CC.CC(C)C1CCC2C3CCC(C3)C12. The number of rotatable bonds is 1. The van der Waals surface area contributed by atoms with Crippen LogP contribution < -0.4 is 0 Å². The van der Waals surface area contributed by atoms with Crippen LogP contribution in [0.5, 0.6) is 0 Å². The highest BCUT2D eigenvalue weighted by molar-refractivity contribution is 5.03. The van der Waals surface area contributed by atoms with Gasteiger partial charge in [0, 0.05) is 0 Å². The summed E-state index contributed by atoms with van der Waals surface area (Å²) in [5, 5.41) is 0. The van der Waals surface area contributed by atoms with Crippen molar-refractivity contribution < 1.29 is 0 Å². The molecule has 6 saturated carbocycles. The van der Waals surface area contributed by atoms with Crippen LogP contribution in [0, 0.1) is 59.2 Å². The predicted octanol–water partition coefficient (Wildman–Crippen LogP) is 8.60. The van der Waals surface area contributed by atoms with E-state index in [9.17, 15) is 0 Å². The maximum Gasteiger partial charge on any atom is -0.0324 e. The van der Waals surface area contributed by atoms with Crippen molar-refractivity contribution in [2.45, 2.75) is 112 Å². The lowest BCUT2D eigenvalue weighted by Crippen LogP contribution is -2.24. The van der Waals surface area contributed by atoms with E-state index in [1.165, 1.54) is 41.4 Å². The van der Waals surface area contributed by atoms with Gasteiger partial charge in [0.25, 0.3) is 0 Å². The van der Waals surface area contributed by atoms with Crippen LogP contribution in [-0.2, 0) is 0 Å². The molecule has 6 rings (SSSR count). The number of hydrogen-bond acceptors (Lipinski definition) is 0. The Balaban J connectivity index is 0.000000135. The van der Waals surface area contributed by atoms with Gasteiger partial charge in [0.15, 0.2) is 0 Å². The molecule has 0 aromatic heterocycles. The van der Waals surface area contributed by atoms with Crippen LogP contribution in [0.4, 0.5) is 0 Å². The van der Waals surface area contributed by atoms with E-state index in [0.717, 1.165) is 17.8 Å². The Labute approximate surface area is 171 Å². The molecule has 0 spiro atoms. The Morgan fingerprint density at radius 3 is 1.56 bits per heavy atom. The van der Waals surface area contributed by atoms with Gasteiger partial charge < -0.3 is 0 Å². The second-order valence-corrected chi connectivity index (χ2v) is 10.7. The third kappa shape index (κ3) is 4.02. The van der Waals surface area contributed by atoms with Gasteiger partial charge in [0.05, 0.1) is 0 Å². The zero-order valence-corrected chi connectivity index (χ0v) is 19.6. The van der Waals surface area contributed by atoms with Gasteiger partial charge in [-0.1, -0.05) is 48.0 Å². The fraction of sp³-hybridized carbons (Fsp3) is 1.00. The third-order valence-corrected chi connectivity index (χ3v) is 9.69. The first-order chi connectivity index (χ1) is 13.2. The zero-order valence-electron chi connectivity index (χ0n) is 19.6. The van der Waals surface area contributed by atoms with Crippen molar-refractivity contribution in [2.24, 2.45) is 59.2 Å². The van der Waals surface area contributed by atoms with Crippen molar-refractivity contribution in [1.29, 1.82) is 0 Å². The van der Waals surface area contributed by atoms with Crippen LogP contribution in [0.1, 0.15) is 112 Å². The minimum absolute atomic E-state index is 0.953. The normalized spacial score (nSPS) is 47.4. The minimum atomic E-state index is 0.953. The van der Waals surface area contributed by atoms with E-state index in [-0.39, 0.29) is 0 Å². The van der Waals surface area contributed by atoms with E-state index in [0.29, 0.717) is 0 Å². The van der Waals surface area contributed by atoms with E-state index >= 15 is 0 Å². The Kier molecular flexibility index (Phi) is 7.77. The van der Waals surface area contributed by atoms with Gasteiger partial charge in [-0.2, -0.15) is 0 Å². The molecule has 6 aliphatic carbocycles. The summed E-state index contributed by atoms with van der Waals surface area (Å²) in [6, 6.07) is 0. The predicted molar refractivity (Wildman–Crippen MR) is 120 cm³/mol. The van der Waals surface area contributed by atoms with Crippen LogP contribution >= 0.6 is 0 Å². The van der Waals surface area contributed by atoms with E-state index in [2.05, 4.69) is 13.8 Å². The molecule has 0 radical (unpaired) electrons. The topological polar surface area (TPSA) is 0 Å². The molecule has 27 heavy (non-hydrogen) atoms. The van der Waals surface area contributed by atoms with Gasteiger partial charge >= 0.3 is 0 Å². The monoisotopic (exact) mass is 374 g/mol. The van der Waals surface area contributed by atoms with Gasteiger partial charge in [-0.25, -0.2) is 0 Å². The number of hydrogen-bond donors (Lipinski definition) is 0. The van der Waals surface area contributed by atoms with Crippen LogP contribution in [0.3, 0.4) is 0 Å². The van der Waals surface area contributed by atoms with E-state index in [1.807, 2.05) is 27.7 Å². The molecule has 0 amide bonds. The standard InChI is InChI=1S/C13H22.C10H16.2C2H6/c1-8(2)11-5-6-12-9-3-4-10(7-9)13(11)12;1-2-9-7-4-5-8(6-7)10(9)3-1;2*1-2/h8-13H,3-7H2,1-2H3;7-10H,1-6H2;2*1-2H3. The van der Waals surface area contributed by atoms with Crippen molar-refractivity contribution in [3.63, 3.8) is 0 Å². The maximum absolute atomic E-state index is 2.44. The summed E-state index contributed by atoms with van der Waals surface area (Å²) >= 11 is 0. The molecule has 158 valence electrons. The highest BCUT2D eigenvalue weighted by Crippen LogP contribution is 2.62. The largest absolute Gasteiger partial charge is 0.0683 e. The third-order valence-electron chi connectivity index (χ3n) is 9.69. The van der Waals surface area contributed by atoms with Crippen molar-refractivity contribution in [3.8, 4) is 0 Å². The lowest BCUT2D eigenvalue weighted by molar-refractivity contribution is 0.178. The Hall–Kier alpha value is 0. The molecule has 0 aromatic carbocycles. The summed E-state index contributed by atoms with van der Waals surface area (Å²) in [5.74, 6) is 11.5. The Bertz CT molecular complexity index is 421. The summed E-state index contributed by atoms with van der Waals surface area (Å²) in [6.07, 6.45) is 17.4. The van der Waals surface area contributed by atoms with Crippen molar-refractivity contribution in [3.05, 3.63) is 0 Å². The molecule has 0 nitrogen and oxygen atoms in total. The quantitative estimate of drug-likeness (QED) is 0.431. The van der Waals surface area contributed by atoms with Gasteiger partial charge in [-0.05, 0) is 123 Å². The average Bonchev–Trinajstić information content (AvgIpc) is 3.53. The minimum Gasteiger partial charge on any atom is -0.0683 e. The lowest BCUT2D eigenvalue weighted by Gasteiger charge is -2.31. The summed E-state index contributed by atoms with van der Waals surface area (Å²) in [4.78, 5) is 0. The van der Waals surface area contributed by atoms with Crippen LogP contribution in [0.25, 0.3) is 0 Å². The molecule has 0 aliphatic heterocycles. The first-order valence-corrected chi connectivity index (χ1v) is 13.2. The van der Waals surface area contributed by atoms with E-state index in [1.54, 1.807) is 70.6 Å². The second kappa shape index (κ2) is 9.67. The summed E-state index contributed by atoms with van der Waals surface area (Å²) in [5.41, 5.74) is 0. The molecule has 4 bridgehead atoms. The van der Waals surface area contributed by atoms with Crippen LogP contribution in [-0.4, -0.2) is 0 Å². The first kappa shape index (κ1) is 21.7. The fourth-order valence-corrected chi connectivity index (χ4v) is 8.92. The lowest BCUT2D eigenvalue weighted by atomic mass is 9.74. The van der Waals surface area contributed by atoms with Crippen LogP contribution in [0.15, 0.2) is 0 Å². The fourth-order valence-electron chi connectivity index (χ4n) is 8.92. The Morgan fingerprint density at radius 2 is 1.00 bits per heavy atom. The molecule has 0 heteroatoms. The van der Waals surface area contributed by atoms with Gasteiger partial charge in [-0.15, -0.1) is 0 Å². The zero-order chi connectivity index (χ0) is 19.6. The molecule has 0 N–H and O–H groups in total. The van der Waals surface area contributed by atoms with E-state index < -0.39 is 0 Å².